The molecule has 2 amide bonds. The zero-order valence-electron chi connectivity index (χ0n) is 16.8. The van der Waals surface area contributed by atoms with Crippen LogP contribution in [0.1, 0.15) is 5.56 Å². The van der Waals surface area contributed by atoms with Crippen LogP contribution in [-0.2, 0) is 6.61 Å². The van der Waals surface area contributed by atoms with Gasteiger partial charge in [0.1, 0.15) is 12.4 Å². The van der Waals surface area contributed by atoms with Crippen LogP contribution >= 0.6 is 0 Å². The summed E-state index contributed by atoms with van der Waals surface area (Å²) in [5.41, 5.74) is 2.33. The summed E-state index contributed by atoms with van der Waals surface area (Å²) in [6.45, 7) is 5.25. The lowest BCUT2D eigenvalue weighted by atomic mass is 10.2. The lowest BCUT2D eigenvalue weighted by Gasteiger charge is -2.36. The average Bonchev–Trinajstić information content (AvgIpc) is 2.73. The molecule has 1 saturated heterocycles. The van der Waals surface area contributed by atoms with Crippen molar-refractivity contribution in [3.63, 3.8) is 0 Å². The molecule has 1 N–H and O–H groups in total. The van der Waals surface area contributed by atoms with Gasteiger partial charge in [-0.3, -0.25) is 0 Å². The van der Waals surface area contributed by atoms with Crippen molar-refractivity contribution >= 4 is 11.7 Å². The highest BCUT2D eigenvalue weighted by Crippen LogP contribution is 2.21. The van der Waals surface area contributed by atoms with Crippen molar-refractivity contribution < 1.29 is 9.53 Å². The Morgan fingerprint density at radius 1 is 1.00 bits per heavy atom. The molecule has 3 rings (SSSR count). The summed E-state index contributed by atoms with van der Waals surface area (Å²) in [6, 6.07) is 18.4. The van der Waals surface area contributed by atoms with Gasteiger partial charge in [0.05, 0.1) is 0 Å². The second kappa shape index (κ2) is 9.99. The average molecular weight is 383 g/mol. The number of piperazine rings is 1. The fourth-order valence-electron chi connectivity index (χ4n) is 3.16. The first-order valence-electron chi connectivity index (χ1n) is 9.81. The van der Waals surface area contributed by atoms with Gasteiger partial charge in [0.15, 0.2) is 0 Å². The summed E-state index contributed by atoms with van der Waals surface area (Å²) >= 11 is 0. The molecule has 2 aromatic carbocycles. The lowest BCUT2D eigenvalue weighted by Crippen LogP contribution is -2.52. The van der Waals surface area contributed by atoms with Crippen LogP contribution in [0, 0.1) is 0 Å². The molecule has 0 saturated carbocycles. The Bertz CT molecular complexity index is 726. The predicted octanol–water partition coefficient (Wildman–Crippen LogP) is 2.66. The zero-order valence-corrected chi connectivity index (χ0v) is 16.8. The van der Waals surface area contributed by atoms with Gasteiger partial charge < -0.3 is 24.8 Å². The molecular weight excluding hydrogens is 352 g/mol. The number of anilines is 1. The summed E-state index contributed by atoms with van der Waals surface area (Å²) in [5, 5.41) is 2.98. The SMILES string of the molecule is CN(C)CCNC(=O)N1CCN(c2ccc(OCc3ccccc3)cc2)CC1. The van der Waals surface area contributed by atoms with E-state index in [4.69, 9.17) is 4.74 Å². The number of urea groups is 1. The van der Waals surface area contributed by atoms with Crippen LogP contribution in [0.25, 0.3) is 0 Å². The molecule has 0 spiro atoms. The zero-order chi connectivity index (χ0) is 19.8. The highest BCUT2D eigenvalue weighted by atomic mass is 16.5. The number of ether oxygens (including phenoxy) is 1. The maximum absolute atomic E-state index is 12.2. The second-order valence-electron chi connectivity index (χ2n) is 7.28. The molecule has 1 fully saturated rings. The van der Waals surface area contributed by atoms with Crippen LogP contribution < -0.4 is 15.0 Å². The monoisotopic (exact) mass is 382 g/mol. The van der Waals surface area contributed by atoms with Crippen LogP contribution in [0.3, 0.4) is 0 Å². The normalized spacial score (nSPS) is 14.2. The van der Waals surface area contributed by atoms with Crippen LogP contribution in [0.5, 0.6) is 5.75 Å². The van der Waals surface area contributed by atoms with E-state index in [2.05, 4.69) is 39.4 Å². The second-order valence-corrected chi connectivity index (χ2v) is 7.28. The third-order valence-corrected chi connectivity index (χ3v) is 4.85. The third kappa shape index (κ3) is 5.89. The first-order valence-corrected chi connectivity index (χ1v) is 9.81. The third-order valence-electron chi connectivity index (χ3n) is 4.85. The number of nitrogens with zero attached hydrogens (tertiary/aromatic N) is 3. The minimum atomic E-state index is 0.0335. The first kappa shape index (κ1) is 20.0. The molecule has 6 heteroatoms. The quantitative estimate of drug-likeness (QED) is 0.800. The number of benzene rings is 2. The lowest BCUT2D eigenvalue weighted by molar-refractivity contribution is 0.193. The van der Waals surface area contributed by atoms with E-state index in [1.54, 1.807) is 0 Å². The minimum absolute atomic E-state index is 0.0335. The minimum Gasteiger partial charge on any atom is -0.489 e. The molecule has 2 aromatic rings. The molecule has 28 heavy (non-hydrogen) atoms. The first-order chi connectivity index (χ1) is 13.6. The Hall–Kier alpha value is -2.73. The van der Waals surface area contributed by atoms with E-state index in [0.29, 0.717) is 13.2 Å². The van der Waals surface area contributed by atoms with E-state index >= 15 is 0 Å². The van der Waals surface area contributed by atoms with Gasteiger partial charge in [0, 0.05) is 45.0 Å². The van der Waals surface area contributed by atoms with Gasteiger partial charge in [0.25, 0.3) is 0 Å². The van der Waals surface area contributed by atoms with E-state index in [1.807, 2.05) is 49.3 Å². The van der Waals surface area contributed by atoms with Gasteiger partial charge in [-0.1, -0.05) is 30.3 Å². The number of hydrogen-bond donors (Lipinski definition) is 1. The Morgan fingerprint density at radius 2 is 1.68 bits per heavy atom. The number of carbonyl (C=O) groups excluding carboxylic acids is 1. The summed E-state index contributed by atoms with van der Waals surface area (Å²) < 4.78 is 5.85. The molecule has 0 aliphatic carbocycles. The molecule has 0 atom stereocenters. The van der Waals surface area contributed by atoms with Crippen molar-refractivity contribution in [2.24, 2.45) is 0 Å². The number of likely N-dealkylation sites (N-methyl/N-ethyl adjacent to an activating group) is 1. The molecule has 150 valence electrons. The van der Waals surface area contributed by atoms with E-state index in [9.17, 15) is 4.79 Å². The maximum atomic E-state index is 12.2. The highest BCUT2D eigenvalue weighted by molar-refractivity contribution is 5.74. The van der Waals surface area contributed by atoms with Crippen molar-refractivity contribution in [1.82, 2.24) is 15.1 Å². The van der Waals surface area contributed by atoms with Crippen LogP contribution in [0.4, 0.5) is 10.5 Å². The largest absolute Gasteiger partial charge is 0.489 e. The van der Waals surface area contributed by atoms with Gasteiger partial charge in [-0.25, -0.2) is 4.79 Å². The van der Waals surface area contributed by atoms with Gasteiger partial charge in [-0.15, -0.1) is 0 Å². The standard InChI is InChI=1S/C22H30N4O2/c1-24(2)13-12-23-22(27)26-16-14-25(15-17-26)20-8-10-21(11-9-20)28-18-19-6-4-3-5-7-19/h3-11H,12-18H2,1-2H3,(H,23,27). The van der Waals surface area contributed by atoms with Crippen LogP contribution in [-0.4, -0.2) is 69.2 Å². The van der Waals surface area contributed by atoms with Crippen LogP contribution in [0.2, 0.25) is 0 Å². The summed E-state index contributed by atoms with van der Waals surface area (Å²) in [6.07, 6.45) is 0. The molecule has 1 aliphatic rings. The molecule has 0 radical (unpaired) electrons. The van der Waals surface area contributed by atoms with Gasteiger partial charge >= 0.3 is 6.03 Å². The number of amides is 2. The molecule has 6 nitrogen and oxygen atoms in total. The van der Waals surface area contributed by atoms with Gasteiger partial charge in [-0.05, 0) is 43.9 Å². The Balaban J connectivity index is 1.43. The Kier molecular flexibility index (Phi) is 7.14. The number of hydrogen-bond acceptors (Lipinski definition) is 4. The Labute approximate surface area is 167 Å². The molecule has 0 aromatic heterocycles. The highest BCUT2D eigenvalue weighted by Gasteiger charge is 2.21. The topological polar surface area (TPSA) is 48.1 Å². The van der Waals surface area contributed by atoms with Crippen molar-refractivity contribution in [2.75, 3.05) is 58.3 Å². The molecule has 1 aliphatic heterocycles. The Morgan fingerprint density at radius 3 is 2.32 bits per heavy atom. The number of nitrogens with one attached hydrogen (secondary N) is 1. The van der Waals surface area contributed by atoms with Crippen molar-refractivity contribution in [2.45, 2.75) is 6.61 Å². The predicted molar refractivity (Wildman–Crippen MR) is 113 cm³/mol. The van der Waals surface area contributed by atoms with E-state index in [1.165, 1.54) is 5.69 Å². The smallest absolute Gasteiger partial charge is 0.317 e. The maximum Gasteiger partial charge on any atom is 0.317 e. The molecule has 0 bridgehead atoms. The van der Waals surface area contributed by atoms with E-state index in [-0.39, 0.29) is 6.03 Å². The van der Waals surface area contributed by atoms with Crippen molar-refractivity contribution in [1.29, 1.82) is 0 Å². The number of rotatable bonds is 7. The molecule has 1 heterocycles. The van der Waals surface area contributed by atoms with Gasteiger partial charge in [-0.2, -0.15) is 0 Å². The number of carbonyl (C=O) groups is 1. The fourth-order valence-corrected chi connectivity index (χ4v) is 3.16. The fraction of sp³-hybridized carbons (Fsp3) is 0.409. The van der Waals surface area contributed by atoms with Gasteiger partial charge in [0.2, 0.25) is 0 Å². The van der Waals surface area contributed by atoms with Crippen molar-refractivity contribution in [3.8, 4) is 5.75 Å². The molecule has 0 unspecified atom stereocenters. The summed E-state index contributed by atoms with van der Waals surface area (Å²) in [5.74, 6) is 0.867. The van der Waals surface area contributed by atoms with Crippen molar-refractivity contribution in [3.05, 3.63) is 60.2 Å². The summed E-state index contributed by atoms with van der Waals surface area (Å²) in [7, 11) is 4.01. The van der Waals surface area contributed by atoms with Crippen LogP contribution in [0.15, 0.2) is 54.6 Å². The van der Waals surface area contributed by atoms with E-state index < -0.39 is 0 Å². The van der Waals surface area contributed by atoms with E-state index in [0.717, 1.165) is 44.0 Å². The molecular formula is C22H30N4O2. The summed E-state index contributed by atoms with van der Waals surface area (Å²) in [4.78, 5) is 18.5.